The van der Waals surface area contributed by atoms with Crippen LogP contribution in [0.15, 0.2) is 30.3 Å². The molecule has 7 heteroatoms. The molecule has 0 radical (unpaired) electrons. The molecule has 0 spiro atoms. The number of carbonyl (C=O) groups excluding carboxylic acids is 1. The van der Waals surface area contributed by atoms with Gasteiger partial charge in [0.15, 0.2) is 0 Å². The first-order valence-corrected chi connectivity index (χ1v) is 8.09. The van der Waals surface area contributed by atoms with E-state index in [2.05, 4.69) is 10.6 Å². The normalized spacial score (nSPS) is 12.8. The Hall–Kier alpha value is -1.82. The quantitative estimate of drug-likeness (QED) is 0.843. The highest BCUT2D eigenvalue weighted by Gasteiger charge is 2.18. The molecule has 0 atom stereocenters. The van der Waals surface area contributed by atoms with Gasteiger partial charge >= 0.3 is 0 Å². The number of hydrogen-bond acceptors (Lipinski definition) is 3. The van der Waals surface area contributed by atoms with Crippen LogP contribution in [0.4, 0.5) is 10.1 Å². The number of fused-ring (bicyclic) bond motifs is 1. The largest absolute Gasteiger partial charge is 0.496 e. The topological polar surface area (TPSA) is 50.4 Å². The first kappa shape index (κ1) is 19.5. The van der Waals surface area contributed by atoms with E-state index in [4.69, 9.17) is 16.3 Å². The Morgan fingerprint density at radius 3 is 2.92 bits per heavy atom. The lowest BCUT2D eigenvalue weighted by Crippen LogP contribution is -2.25. The zero-order chi connectivity index (χ0) is 17.1. The van der Waals surface area contributed by atoms with E-state index in [0.29, 0.717) is 34.9 Å². The Bertz CT molecular complexity index is 784. The number of halogens is 3. The highest BCUT2D eigenvalue weighted by molar-refractivity contribution is 6.30. The molecule has 0 unspecified atom stereocenters. The average molecular weight is 385 g/mol. The summed E-state index contributed by atoms with van der Waals surface area (Å²) in [4.78, 5) is 12.3. The number of anilines is 1. The van der Waals surface area contributed by atoms with Crippen molar-refractivity contribution in [2.45, 2.75) is 19.4 Å². The smallest absolute Gasteiger partial charge is 0.229 e. The zero-order valence-electron chi connectivity index (χ0n) is 13.7. The minimum Gasteiger partial charge on any atom is -0.496 e. The number of methoxy groups -OCH3 is 1. The fraction of sp³-hybridized carbons (Fsp3) is 0.278. The van der Waals surface area contributed by atoms with Crippen molar-refractivity contribution < 1.29 is 13.9 Å². The summed E-state index contributed by atoms with van der Waals surface area (Å²) in [6.45, 7) is 1.39. The van der Waals surface area contributed by atoms with Crippen LogP contribution in [0.25, 0.3) is 0 Å². The van der Waals surface area contributed by atoms with Crippen molar-refractivity contribution in [3.05, 3.63) is 57.9 Å². The van der Waals surface area contributed by atoms with E-state index in [1.165, 1.54) is 7.11 Å². The van der Waals surface area contributed by atoms with Gasteiger partial charge in [0.1, 0.15) is 11.6 Å². The summed E-state index contributed by atoms with van der Waals surface area (Å²) < 4.78 is 19.8. The minimum absolute atomic E-state index is 0. The van der Waals surface area contributed by atoms with E-state index < -0.39 is 0 Å². The second-order valence-corrected chi connectivity index (χ2v) is 6.11. The van der Waals surface area contributed by atoms with Crippen molar-refractivity contribution in [1.29, 1.82) is 0 Å². The van der Waals surface area contributed by atoms with Crippen LogP contribution in [-0.4, -0.2) is 19.6 Å². The van der Waals surface area contributed by atoms with Crippen LogP contribution in [0.1, 0.15) is 16.7 Å². The number of ether oxygens (including phenoxy) is 1. The second kappa shape index (κ2) is 8.52. The lowest BCUT2D eigenvalue weighted by atomic mass is 9.99. The van der Waals surface area contributed by atoms with Crippen molar-refractivity contribution in [2.75, 3.05) is 19.0 Å². The number of amides is 1. The molecule has 0 fully saturated rings. The SMILES string of the molecule is COc1ccc(Cl)cc1CC(=O)Nc1ccc2c(c1F)CCNC2.Cl. The van der Waals surface area contributed by atoms with Gasteiger partial charge in [-0.15, -0.1) is 12.4 Å². The van der Waals surface area contributed by atoms with Gasteiger partial charge in [0.05, 0.1) is 19.2 Å². The third kappa shape index (κ3) is 4.42. The number of carbonyl (C=O) groups is 1. The Labute approximate surface area is 157 Å². The van der Waals surface area contributed by atoms with Gasteiger partial charge in [-0.2, -0.15) is 0 Å². The maximum atomic E-state index is 14.6. The Morgan fingerprint density at radius 2 is 2.16 bits per heavy atom. The van der Waals surface area contributed by atoms with Gasteiger partial charge in [-0.05, 0) is 48.4 Å². The van der Waals surface area contributed by atoms with Gasteiger partial charge in [-0.25, -0.2) is 4.39 Å². The molecule has 1 heterocycles. The van der Waals surface area contributed by atoms with Crippen LogP contribution in [0, 0.1) is 5.82 Å². The van der Waals surface area contributed by atoms with Crippen LogP contribution < -0.4 is 15.4 Å². The lowest BCUT2D eigenvalue weighted by molar-refractivity contribution is -0.115. The molecule has 2 aromatic carbocycles. The van der Waals surface area contributed by atoms with Crippen molar-refractivity contribution in [3.8, 4) is 5.75 Å². The first-order valence-electron chi connectivity index (χ1n) is 7.71. The molecule has 0 aliphatic carbocycles. The van der Waals surface area contributed by atoms with Gasteiger partial charge in [0.2, 0.25) is 5.91 Å². The lowest BCUT2D eigenvalue weighted by Gasteiger charge is -2.19. The number of rotatable bonds is 4. The van der Waals surface area contributed by atoms with Crippen molar-refractivity contribution >= 4 is 35.6 Å². The first-order chi connectivity index (χ1) is 11.6. The fourth-order valence-electron chi connectivity index (χ4n) is 2.88. The fourth-order valence-corrected chi connectivity index (χ4v) is 3.08. The third-order valence-electron chi connectivity index (χ3n) is 4.07. The van der Waals surface area contributed by atoms with Crippen LogP contribution in [0.2, 0.25) is 5.02 Å². The third-order valence-corrected chi connectivity index (χ3v) is 4.31. The monoisotopic (exact) mass is 384 g/mol. The molecule has 1 aliphatic rings. The molecule has 0 saturated heterocycles. The maximum absolute atomic E-state index is 14.6. The summed E-state index contributed by atoms with van der Waals surface area (Å²) >= 11 is 5.97. The van der Waals surface area contributed by atoms with Crippen molar-refractivity contribution in [3.63, 3.8) is 0 Å². The summed E-state index contributed by atoms with van der Waals surface area (Å²) in [6.07, 6.45) is 0.675. The molecule has 0 aromatic heterocycles. The summed E-state index contributed by atoms with van der Waals surface area (Å²) in [5, 5.41) is 6.36. The number of benzene rings is 2. The Balaban J connectivity index is 0.00000225. The average Bonchev–Trinajstić information content (AvgIpc) is 2.58. The van der Waals surface area contributed by atoms with E-state index in [-0.39, 0.29) is 36.2 Å². The molecule has 1 aliphatic heterocycles. The molecule has 2 N–H and O–H groups in total. The zero-order valence-corrected chi connectivity index (χ0v) is 15.3. The summed E-state index contributed by atoms with van der Waals surface area (Å²) in [5.74, 6) is -0.0877. The van der Waals surface area contributed by atoms with Crippen LogP contribution >= 0.6 is 24.0 Å². The molecule has 25 heavy (non-hydrogen) atoms. The highest BCUT2D eigenvalue weighted by atomic mass is 35.5. The summed E-state index contributed by atoms with van der Waals surface area (Å²) in [6, 6.07) is 8.53. The van der Waals surface area contributed by atoms with Gasteiger partial charge in [0.25, 0.3) is 0 Å². The molecule has 4 nitrogen and oxygen atoms in total. The Kier molecular flexibility index (Phi) is 6.64. The summed E-state index contributed by atoms with van der Waals surface area (Å²) in [5.41, 5.74) is 2.48. The van der Waals surface area contributed by atoms with E-state index in [1.54, 1.807) is 24.3 Å². The second-order valence-electron chi connectivity index (χ2n) is 5.67. The van der Waals surface area contributed by atoms with Gasteiger partial charge in [-0.3, -0.25) is 4.79 Å². The van der Waals surface area contributed by atoms with Crippen LogP contribution in [0.3, 0.4) is 0 Å². The van der Waals surface area contributed by atoms with E-state index >= 15 is 0 Å². The predicted molar refractivity (Wildman–Crippen MR) is 99.4 cm³/mol. The van der Waals surface area contributed by atoms with E-state index in [9.17, 15) is 9.18 Å². The molecule has 3 rings (SSSR count). The number of hydrogen-bond donors (Lipinski definition) is 2. The molecule has 2 aromatic rings. The Morgan fingerprint density at radius 1 is 1.36 bits per heavy atom. The van der Waals surface area contributed by atoms with Crippen LogP contribution in [-0.2, 0) is 24.2 Å². The molecular formula is C18H19Cl2FN2O2. The van der Waals surface area contributed by atoms with E-state index in [0.717, 1.165) is 12.1 Å². The van der Waals surface area contributed by atoms with Crippen LogP contribution in [0.5, 0.6) is 5.75 Å². The van der Waals surface area contributed by atoms with Gasteiger partial charge < -0.3 is 15.4 Å². The van der Waals surface area contributed by atoms with Gasteiger partial charge in [0, 0.05) is 17.1 Å². The molecule has 134 valence electrons. The standard InChI is InChI=1S/C18H18ClFN2O2.ClH/c1-24-16-5-3-13(19)8-12(16)9-17(23)22-15-4-2-11-10-21-7-6-14(11)18(15)20;/h2-5,8,21H,6-7,9-10H2,1H3,(H,22,23);1H. The minimum atomic E-state index is -0.347. The molecular weight excluding hydrogens is 366 g/mol. The van der Waals surface area contributed by atoms with Crippen molar-refractivity contribution in [2.24, 2.45) is 0 Å². The molecule has 0 saturated carbocycles. The molecule has 1 amide bonds. The van der Waals surface area contributed by atoms with Crippen molar-refractivity contribution in [1.82, 2.24) is 5.32 Å². The molecule has 0 bridgehead atoms. The summed E-state index contributed by atoms with van der Waals surface area (Å²) in [7, 11) is 1.53. The highest BCUT2D eigenvalue weighted by Crippen LogP contribution is 2.26. The number of nitrogens with one attached hydrogen (secondary N) is 2. The van der Waals surface area contributed by atoms with Gasteiger partial charge in [-0.1, -0.05) is 17.7 Å². The van der Waals surface area contributed by atoms with E-state index in [1.807, 2.05) is 6.07 Å². The predicted octanol–water partition coefficient (Wildman–Crippen LogP) is 3.74. The maximum Gasteiger partial charge on any atom is 0.229 e.